The molecule has 1 aromatic carbocycles. The van der Waals surface area contributed by atoms with Crippen LogP contribution in [-0.2, 0) is 11.2 Å². The van der Waals surface area contributed by atoms with Gasteiger partial charge in [-0.2, -0.15) is 0 Å². The smallest absolute Gasteiger partial charge is 0.317 e. The van der Waals surface area contributed by atoms with Crippen molar-refractivity contribution in [1.29, 1.82) is 0 Å². The van der Waals surface area contributed by atoms with Crippen LogP contribution in [-0.4, -0.2) is 52.3 Å². The zero-order chi connectivity index (χ0) is 17.1. The highest BCUT2D eigenvalue weighted by Gasteiger charge is 2.37. The number of nitrogens with one attached hydrogen (secondary N) is 1. The molecular weight excluding hydrogens is 304 g/mol. The van der Waals surface area contributed by atoms with E-state index in [4.69, 9.17) is 5.11 Å². The maximum Gasteiger partial charge on any atom is 0.317 e. The van der Waals surface area contributed by atoms with Crippen LogP contribution in [0.1, 0.15) is 38.2 Å². The molecule has 132 valence electrons. The maximum atomic E-state index is 11.1. The summed E-state index contributed by atoms with van der Waals surface area (Å²) in [7, 11) is 0. The molecule has 0 aliphatic heterocycles. The summed E-state index contributed by atoms with van der Waals surface area (Å²) in [6, 6.07) is 8.64. The molecule has 0 radical (unpaired) electrons. The van der Waals surface area contributed by atoms with Crippen LogP contribution in [0.15, 0.2) is 24.3 Å². The van der Waals surface area contributed by atoms with Gasteiger partial charge in [-0.05, 0) is 62.6 Å². The fourth-order valence-electron chi connectivity index (χ4n) is 3.62. The monoisotopic (exact) mass is 332 g/mol. The predicted octanol–water partition coefficient (Wildman–Crippen LogP) is 2.24. The van der Waals surface area contributed by atoms with Crippen LogP contribution in [0.4, 0.5) is 0 Å². The SMILES string of the molecule is CC(Cc1ccc(O)cc1)NC1CC(N(CC(=O)O)CC2CC2)C1. The van der Waals surface area contributed by atoms with Gasteiger partial charge in [0.1, 0.15) is 5.75 Å². The van der Waals surface area contributed by atoms with E-state index in [2.05, 4.69) is 17.1 Å². The molecule has 2 aliphatic carbocycles. The van der Waals surface area contributed by atoms with E-state index in [9.17, 15) is 9.90 Å². The Morgan fingerprint density at radius 3 is 2.54 bits per heavy atom. The maximum absolute atomic E-state index is 11.1. The van der Waals surface area contributed by atoms with Crippen LogP contribution in [0.3, 0.4) is 0 Å². The fourth-order valence-corrected chi connectivity index (χ4v) is 3.62. The summed E-state index contributed by atoms with van der Waals surface area (Å²) in [6.45, 7) is 3.31. The molecule has 1 unspecified atom stereocenters. The van der Waals surface area contributed by atoms with Gasteiger partial charge in [0.05, 0.1) is 6.54 Å². The van der Waals surface area contributed by atoms with Crippen LogP contribution in [0.5, 0.6) is 5.75 Å². The van der Waals surface area contributed by atoms with E-state index in [1.165, 1.54) is 18.4 Å². The van der Waals surface area contributed by atoms with Gasteiger partial charge in [0.2, 0.25) is 0 Å². The molecule has 0 spiro atoms. The lowest BCUT2D eigenvalue weighted by Gasteiger charge is -2.44. The molecule has 0 bridgehead atoms. The van der Waals surface area contributed by atoms with Crippen molar-refractivity contribution in [2.45, 2.75) is 57.2 Å². The Bertz CT molecular complexity index is 550. The highest BCUT2D eigenvalue weighted by molar-refractivity contribution is 5.69. The van der Waals surface area contributed by atoms with Gasteiger partial charge < -0.3 is 15.5 Å². The second kappa shape index (κ2) is 7.53. The summed E-state index contributed by atoms with van der Waals surface area (Å²) in [5.74, 6) is 0.313. The minimum Gasteiger partial charge on any atom is -0.508 e. The number of aliphatic carboxylic acids is 1. The molecule has 24 heavy (non-hydrogen) atoms. The first-order valence-corrected chi connectivity index (χ1v) is 8.99. The van der Waals surface area contributed by atoms with Crippen molar-refractivity contribution in [3.8, 4) is 5.75 Å². The summed E-state index contributed by atoms with van der Waals surface area (Å²) in [6.07, 6.45) is 5.53. The quantitative estimate of drug-likeness (QED) is 0.647. The number of rotatable bonds is 9. The Morgan fingerprint density at radius 2 is 1.96 bits per heavy atom. The summed E-state index contributed by atoms with van der Waals surface area (Å²) in [5, 5.41) is 22.1. The van der Waals surface area contributed by atoms with E-state index in [-0.39, 0.29) is 6.54 Å². The number of phenolic OH excluding ortho intramolecular Hbond substituents is 1. The van der Waals surface area contributed by atoms with Crippen molar-refractivity contribution >= 4 is 5.97 Å². The number of carboxylic acid groups (broad SMARTS) is 1. The van der Waals surface area contributed by atoms with E-state index in [1.54, 1.807) is 12.1 Å². The number of hydrogen-bond donors (Lipinski definition) is 3. The van der Waals surface area contributed by atoms with Gasteiger partial charge in [0.25, 0.3) is 0 Å². The van der Waals surface area contributed by atoms with Gasteiger partial charge in [-0.1, -0.05) is 12.1 Å². The van der Waals surface area contributed by atoms with Crippen LogP contribution in [0, 0.1) is 5.92 Å². The Kier molecular flexibility index (Phi) is 5.41. The first-order chi connectivity index (χ1) is 11.5. The molecule has 2 fully saturated rings. The molecule has 1 atom stereocenters. The topological polar surface area (TPSA) is 72.8 Å². The van der Waals surface area contributed by atoms with Crippen molar-refractivity contribution in [2.75, 3.05) is 13.1 Å². The minimum absolute atomic E-state index is 0.178. The molecule has 2 aliphatic rings. The third kappa shape index (κ3) is 4.95. The van der Waals surface area contributed by atoms with Crippen molar-refractivity contribution in [3.05, 3.63) is 29.8 Å². The largest absolute Gasteiger partial charge is 0.508 e. The molecule has 0 heterocycles. The number of carbonyl (C=O) groups is 1. The molecule has 3 N–H and O–H groups in total. The Hall–Kier alpha value is -1.59. The first kappa shape index (κ1) is 17.2. The van der Waals surface area contributed by atoms with Crippen LogP contribution in [0.25, 0.3) is 0 Å². The van der Waals surface area contributed by atoms with E-state index in [0.717, 1.165) is 31.7 Å². The molecule has 0 aromatic heterocycles. The van der Waals surface area contributed by atoms with E-state index in [0.29, 0.717) is 23.9 Å². The van der Waals surface area contributed by atoms with Crippen molar-refractivity contribution < 1.29 is 15.0 Å². The van der Waals surface area contributed by atoms with Crippen molar-refractivity contribution in [1.82, 2.24) is 10.2 Å². The predicted molar refractivity (Wildman–Crippen MR) is 93.2 cm³/mol. The highest BCUT2D eigenvalue weighted by Crippen LogP contribution is 2.33. The number of benzene rings is 1. The van der Waals surface area contributed by atoms with Gasteiger partial charge >= 0.3 is 5.97 Å². The lowest BCUT2D eigenvalue weighted by molar-refractivity contribution is -0.139. The Balaban J connectivity index is 1.41. The molecule has 5 heteroatoms. The number of nitrogens with zero attached hydrogens (tertiary/aromatic N) is 1. The average molecular weight is 332 g/mol. The third-order valence-electron chi connectivity index (χ3n) is 5.16. The van der Waals surface area contributed by atoms with Gasteiger partial charge in [0.15, 0.2) is 0 Å². The lowest BCUT2D eigenvalue weighted by Crippen LogP contribution is -2.56. The molecule has 5 nitrogen and oxygen atoms in total. The molecule has 1 aromatic rings. The molecule has 3 rings (SSSR count). The molecular formula is C19H28N2O3. The van der Waals surface area contributed by atoms with E-state index < -0.39 is 5.97 Å². The van der Waals surface area contributed by atoms with E-state index >= 15 is 0 Å². The Labute approximate surface area is 143 Å². The van der Waals surface area contributed by atoms with Crippen molar-refractivity contribution in [3.63, 3.8) is 0 Å². The Morgan fingerprint density at radius 1 is 1.29 bits per heavy atom. The third-order valence-corrected chi connectivity index (χ3v) is 5.16. The zero-order valence-electron chi connectivity index (χ0n) is 14.3. The second-order valence-electron chi connectivity index (χ2n) is 7.53. The van der Waals surface area contributed by atoms with E-state index in [1.807, 2.05) is 12.1 Å². The summed E-state index contributed by atoms with van der Waals surface area (Å²) in [5.41, 5.74) is 1.21. The van der Waals surface area contributed by atoms with Crippen LogP contribution >= 0.6 is 0 Å². The number of aromatic hydroxyl groups is 1. The first-order valence-electron chi connectivity index (χ1n) is 8.99. The normalized spacial score (nSPS) is 24.6. The second-order valence-corrected chi connectivity index (χ2v) is 7.53. The minimum atomic E-state index is -0.715. The van der Waals surface area contributed by atoms with Crippen LogP contribution in [0.2, 0.25) is 0 Å². The van der Waals surface area contributed by atoms with Gasteiger partial charge in [-0.25, -0.2) is 0 Å². The number of phenols is 1. The fraction of sp³-hybridized carbons (Fsp3) is 0.632. The van der Waals surface area contributed by atoms with Crippen molar-refractivity contribution in [2.24, 2.45) is 5.92 Å². The molecule has 2 saturated carbocycles. The summed E-state index contributed by atoms with van der Waals surface area (Å²) < 4.78 is 0. The number of carboxylic acids is 1. The summed E-state index contributed by atoms with van der Waals surface area (Å²) in [4.78, 5) is 13.2. The summed E-state index contributed by atoms with van der Waals surface area (Å²) >= 11 is 0. The lowest BCUT2D eigenvalue weighted by atomic mass is 9.84. The van der Waals surface area contributed by atoms with Crippen LogP contribution < -0.4 is 5.32 Å². The molecule has 0 amide bonds. The van der Waals surface area contributed by atoms with Gasteiger partial charge in [0, 0.05) is 24.7 Å². The van der Waals surface area contributed by atoms with Gasteiger partial charge in [-0.3, -0.25) is 9.69 Å². The standard InChI is InChI=1S/C19H28N2O3/c1-13(8-14-4-6-18(22)7-5-14)20-16-9-17(10-16)21(12-19(23)24)11-15-2-3-15/h4-7,13,15-17,20,22H,2-3,8-12H2,1H3,(H,23,24). The average Bonchev–Trinajstić information content (AvgIpc) is 3.28. The van der Waals surface area contributed by atoms with Gasteiger partial charge in [-0.15, -0.1) is 0 Å². The number of hydrogen-bond acceptors (Lipinski definition) is 4. The highest BCUT2D eigenvalue weighted by atomic mass is 16.4. The zero-order valence-corrected chi connectivity index (χ0v) is 14.3. The molecule has 0 saturated heterocycles.